The van der Waals surface area contributed by atoms with Crippen molar-refractivity contribution in [2.75, 3.05) is 18.9 Å². The average molecular weight is 304 g/mol. The van der Waals surface area contributed by atoms with Gasteiger partial charge < -0.3 is 15.4 Å². The van der Waals surface area contributed by atoms with Crippen molar-refractivity contribution in [2.45, 2.75) is 51.7 Å². The number of hydrogen-bond acceptors (Lipinski definition) is 3. The third-order valence-corrected chi connectivity index (χ3v) is 4.19. The van der Waals surface area contributed by atoms with Crippen molar-refractivity contribution in [2.24, 2.45) is 5.92 Å². The van der Waals surface area contributed by atoms with Crippen molar-refractivity contribution < 1.29 is 9.53 Å². The molecule has 1 aliphatic carbocycles. The van der Waals surface area contributed by atoms with Gasteiger partial charge in [0.05, 0.1) is 12.7 Å². The third kappa shape index (κ3) is 5.43. The van der Waals surface area contributed by atoms with Crippen LogP contribution in [0.1, 0.15) is 44.6 Å². The van der Waals surface area contributed by atoms with Gasteiger partial charge in [-0.2, -0.15) is 0 Å². The van der Waals surface area contributed by atoms with E-state index in [0.29, 0.717) is 19.3 Å². The molecule has 0 radical (unpaired) electrons. The van der Waals surface area contributed by atoms with Crippen LogP contribution >= 0.6 is 0 Å². The lowest BCUT2D eigenvalue weighted by Gasteiger charge is -2.22. The van der Waals surface area contributed by atoms with Crippen LogP contribution in [-0.4, -0.2) is 25.6 Å². The topological polar surface area (TPSA) is 50.4 Å². The van der Waals surface area contributed by atoms with E-state index in [9.17, 15) is 4.79 Å². The Morgan fingerprint density at radius 2 is 2.09 bits per heavy atom. The highest BCUT2D eigenvalue weighted by Gasteiger charge is 2.14. The van der Waals surface area contributed by atoms with Gasteiger partial charge in [0, 0.05) is 18.2 Å². The Morgan fingerprint density at radius 3 is 2.82 bits per heavy atom. The monoisotopic (exact) mass is 304 g/mol. The summed E-state index contributed by atoms with van der Waals surface area (Å²) in [6, 6.07) is 7.95. The number of amides is 1. The van der Waals surface area contributed by atoms with E-state index in [-0.39, 0.29) is 11.8 Å². The van der Waals surface area contributed by atoms with Crippen LogP contribution in [-0.2, 0) is 16.1 Å². The maximum absolute atomic E-state index is 12.0. The van der Waals surface area contributed by atoms with Crippen LogP contribution in [0.15, 0.2) is 24.3 Å². The smallest absolute Gasteiger partial charge is 0.228 e. The minimum absolute atomic E-state index is 0.0414. The molecular weight excluding hydrogens is 276 g/mol. The molecule has 0 heterocycles. The van der Waals surface area contributed by atoms with Crippen LogP contribution in [0.2, 0.25) is 0 Å². The molecule has 0 aliphatic heterocycles. The number of nitrogens with one attached hydrogen (secondary N) is 2. The van der Waals surface area contributed by atoms with E-state index in [4.69, 9.17) is 4.74 Å². The number of ether oxygens (including phenoxy) is 1. The molecule has 0 saturated heterocycles. The summed E-state index contributed by atoms with van der Waals surface area (Å²) in [5.41, 5.74) is 1.96. The normalized spacial score (nSPS) is 17.2. The maximum Gasteiger partial charge on any atom is 0.228 e. The van der Waals surface area contributed by atoms with Crippen LogP contribution in [0.3, 0.4) is 0 Å². The fraction of sp³-hybridized carbons (Fsp3) is 0.611. The van der Waals surface area contributed by atoms with Crippen molar-refractivity contribution in [3.8, 4) is 0 Å². The second-order valence-corrected chi connectivity index (χ2v) is 6.22. The standard InChI is InChI=1S/C18H28N2O2/c1-14(12-19-2)18(21)20-16-8-6-7-15(11-16)13-22-17-9-4-3-5-10-17/h6-8,11,14,17,19H,3-5,9-10,12-13H2,1-2H3,(H,20,21). The molecule has 1 amide bonds. The first-order valence-electron chi connectivity index (χ1n) is 8.35. The quantitative estimate of drug-likeness (QED) is 0.812. The highest BCUT2D eigenvalue weighted by atomic mass is 16.5. The molecule has 0 bridgehead atoms. The van der Waals surface area contributed by atoms with Gasteiger partial charge in [-0.1, -0.05) is 38.3 Å². The molecule has 4 heteroatoms. The lowest BCUT2D eigenvalue weighted by Crippen LogP contribution is -2.28. The second kappa shape index (κ2) is 8.91. The molecular formula is C18H28N2O2. The van der Waals surface area contributed by atoms with Gasteiger partial charge in [0.2, 0.25) is 5.91 Å². The molecule has 1 atom stereocenters. The summed E-state index contributed by atoms with van der Waals surface area (Å²) in [6.07, 6.45) is 6.67. The van der Waals surface area contributed by atoms with Crippen LogP contribution in [0, 0.1) is 5.92 Å². The number of carbonyl (C=O) groups excluding carboxylic acids is 1. The fourth-order valence-electron chi connectivity index (χ4n) is 2.85. The Balaban J connectivity index is 1.85. The first-order valence-corrected chi connectivity index (χ1v) is 8.35. The first kappa shape index (κ1) is 17.0. The Morgan fingerprint density at radius 1 is 1.32 bits per heavy atom. The van der Waals surface area contributed by atoms with Gasteiger partial charge in [-0.3, -0.25) is 4.79 Å². The molecule has 1 saturated carbocycles. The van der Waals surface area contributed by atoms with Crippen LogP contribution in [0.4, 0.5) is 5.69 Å². The molecule has 1 aliphatic rings. The molecule has 0 spiro atoms. The van der Waals surface area contributed by atoms with Crippen molar-refractivity contribution in [1.82, 2.24) is 5.32 Å². The largest absolute Gasteiger partial charge is 0.374 e. The summed E-state index contributed by atoms with van der Waals surface area (Å²) in [6.45, 7) is 3.22. The predicted octanol–water partition coefficient (Wildman–Crippen LogP) is 3.33. The minimum Gasteiger partial charge on any atom is -0.374 e. The number of carbonyl (C=O) groups is 1. The number of hydrogen-bond donors (Lipinski definition) is 2. The van der Waals surface area contributed by atoms with Crippen molar-refractivity contribution in [3.05, 3.63) is 29.8 Å². The van der Waals surface area contributed by atoms with Crippen molar-refractivity contribution >= 4 is 11.6 Å². The Bertz CT molecular complexity index is 470. The zero-order valence-electron chi connectivity index (χ0n) is 13.7. The fourth-order valence-corrected chi connectivity index (χ4v) is 2.85. The SMILES string of the molecule is CNCC(C)C(=O)Nc1cccc(COC2CCCCC2)c1. The zero-order valence-corrected chi connectivity index (χ0v) is 13.7. The molecule has 1 fully saturated rings. The molecule has 122 valence electrons. The Labute approximate surface area is 133 Å². The molecule has 22 heavy (non-hydrogen) atoms. The molecule has 1 aromatic carbocycles. The molecule has 1 unspecified atom stereocenters. The summed E-state index contributed by atoms with van der Waals surface area (Å²) in [4.78, 5) is 12.0. The van der Waals surface area contributed by atoms with E-state index in [1.54, 1.807) is 0 Å². The summed E-state index contributed by atoms with van der Waals surface area (Å²) >= 11 is 0. The summed E-state index contributed by atoms with van der Waals surface area (Å²) in [5, 5.41) is 5.99. The van der Waals surface area contributed by atoms with E-state index in [0.717, 1.165) is 11.3 Å². The van der Waals surface area contributed by atoms with E-state index >= 15 is 0 Å². The van der Waals surface area contributed by atoms with Crippen molar-refractivity contribution in [3.63, 3.8) is 0 Å². The lowest BCUT2D eigenvalue weighted by molar-refractivity contribution is -0.119. The zero-order chi connectivity index (χ0) is 15.8. The van der Waals surface area contributed by atoms with Gasteiger partial charge in [0.1, 0.15) is 0 Å². The van der Waals surface area contributed by atoms with Gasteiger partial charge in [0.25, 0.3) is 0 Å². The predicted molar refractivity (Wildman–Crippen MR) is 89.8 cm³/mol. The molecule has 4 nitrogen and oxygen atoms in total. The summed E-state index contributed by atoms with van der Waals surface area (Å²) in [5.74, 6) is -0.00755. The van der Waals surface area contributed by atoms with Crippen molar-refractivity contribution in [1.29, 1.82) is 0 Å². The van der Waals surface area contributed by atoms with E-state index in [1.165, 1.54) is 32.1 Å². The number of benzene rings is 1. The number of anilines is 1. The van der Waals surface area contributed by atoms with Crippen LogP contribution < -0.4 is 10.6 Å². The van der Waals surface area contributed by atoms with E-state index in [2.05, 4.69) is 16.7 Å². The lowest BCUT2D eigenvalue weighted by atomic mass is 9.98. The highest BCUT2D eigenvalue weighted by molar-refractivity contribution is 5.92. The molecule has 1 aromatic rings. The van der Waals surface area contributed by atoms with Gasteiger partial charge in [-0.05, 0) is 37.6 Å². The highest BCUT2D eigenvalue weighted by Crippen LogP contribution is 2.22. The molecule has 2 N–H and O–H groups in total. The molecule has 2 rings (SSSR count). The second-order valence-electron chi connectivity index (χ2n) is 6.22. The maximum atomic E-state index is 12.0. The van der Waals surface area contributed by atoms with Gasteiger partial charge >= 0.3 is 0 Å². The Kier molecular flexibility index (Phi) is 6.87. The summed E-state index contributed by atoms with van der Waals surface area (Å²) in [7, 11) is 1.85. The molecule has 0 aromatic heterocycles. The number of rotatable bonds is 7. The third-order valence-electron chi connectivity index (χ3n) is 4.19. The van der Waals surface area contributed by atoms with Crippen LogP contribution in [0.25, 0.3) is 0 Å². The minimum atomic E-state index is -0.0489. The van der Waals surface area contributed by atoms with Crippen LogP contribution in [0.5, 0.6) is 0 Å². The summed E-state index contributed by atoms with van der Waals surface area (Å²) < 4.78 is 5.99. The average Bonchev–Trinajstić information content (AvgIpc) is 2.54. The Hall–Kier alpha value is -1.39. The van der Waals surface area contributed by atoms with Gasteiger partial charge in [-0.25, -0.2) is 0 Å². The first-order chi connectivity index (χ1) is 10.7. The van der Waals surface area contributed by atoms with Gasteiger partial charge in [0.15, 0.2) is 0 Å². The van der Waals surface area contributed by atoms with Gasteiger partial charge in [-0.15, -0.1) is 0 Å². The van der Waals surface area contributed by atoms with E-state index in [1.807, 2.05) is 32.2 Å². The van der Waals surface area contributed by atoms with E-state index < -0.39 is 0 Å².